The zero-order valence-corrected chi connectivity index (χ0v) is 9.27. The van der Waals surface area contributed by atoms with E-state index in [0.29, 0.717) is 17.1 Å². The number of aromatic nitrogens is 5. The molecule has 1 aliphatic carbocycles. The number of rotatable bonds is 2. The predicted octanol–water partition coefficient (Wildman–Crippen LogP) is 0.973. The van der Waals surface area contributed by atoms with Crippen LogP contribution in [0.4, 0.5) is 0 Å². The molecule has 0 aliphatic heterocycles. The molecule has 0 radical (unpaired) electrons. The fourth-order valence-electron chi connectivity index (χ4n) is 1.76. The van der Waals surface area contributed by atoms with E-state index >= 15 is 0 Å². The maximum Gasteiger partial charge on any atom is 0.281 e. The maximum atomic E-state index is 11.8. The third kappa shape index (κ3) is 1.33. The minimum absolute atomic E-state index is 0.159. The summed E-state index contributed by atoms with van der Waals surface area (Å²) in [7, 11) is 0. The van der Waals surface area contributed by atoms with Gasteiger partial charge in [0.1, 0.15) is 5.82 Å². The Hall–Kier alpha value is -1.72. The summed E-state index contributed by atoms with van der Waals surface area (Å²) in [6, 6.07) is 0.159. The number of hydrogen-bond donors (Lipinski definition) is 1. The normalized spacial score (nSPS) is 16.2. The van der Waals surface area contributed by atoms with Gasteiger partial charge in [-0.05, 0) is 26.7 Å². The van der Waals surface area contributed by atoms with Gasteiger partial charge in [-0.3, -0.25) is 4.79 Å². The van der Waals surface area contributed by atoms with Crippen LogP contribution in [0, 0.1) is 0 Å². The predicted molar refractivity (Wildman–Crippen MR) is 58.3 cm³/mol. The lowest BCUT2D eigenvalue weighted by molar-refractivity contribution is 0.525. The number of nitrogens with one attached hydrogen (secondary N) is 1. The summed E-state index contributed by atoms with van der Waals surface area (Å²) < 4.78 is 1.69. The molecule has 1 saturated carbocycles. The van der Waals surface area contributed by atoms with E-state index in [4.69, 9.17) is 0 Å². The lowest BCUT2D eigenvalue weighted by Gasteiger charge is -2.04. The maximum absolute atomic E-state index is 11.8. The lowest BCUT2D eigenvalue weighted by Crippen LogP contribution is -2.13. The molecule has 1 aliphatic rings. The Kier molecular flexibility index (Phi) is 1.86. The van der Waals surface area contributed by atoms with E-state index in [9.17, 15) is 4.79 Å². The molecule has 3 rings (SSSR count). The molecule has 84 valence electrons. The van der Waals surface area contributed by atoms with Crippen molar-refractivity contribution in [1.82, 2.24) is 25.0 Å². The Morgan fingerprint density at radius 3 is 2.81 bits per heavy atom. The zero-order chi connectivity index (χ0) is 11.3. The summed E-state index contributed by atoms with van der Waals surface area (Å²) in [5.74, 6) is 1.20. The van der Waals surface area contributed by atoms with Gasteiger partial charge in [0, 0.05) is 5.92 Å². The van der Waals surface area contributed by atoms with Gasteiger partial charge >= 0.3 is 0 Å². The Bertz CT molecular complexity index is 593. The third-order valence-corrected chi connectivity index (χ3v) is 2.81. The van der Waals surface area contributed by atoms with Crippen molar-refractivity contribution in [1.29, 1.82) is 0 Å². The van der Waals surface area contributed by atoms with E-state index in [-0.39, 0.29) is 11.6 Å². The Morgan fingerprint density at radius 2 is 2.19 bits per heavy atom. The number of fused-ring (bicyclic) bond motifs is 1. The van der Waals surface area contributed by atoms with E-state index in [2.05, 4.69) is 20.3 Å². The van der Waals surface area contributed by atoms with Gasteiger partial charge in [-0.15, -0.1) is 5.10 Å². The van der Waals surface area contributed by atoms with Crippen molar-refractivity contribution in [2.75, 3.05) is 0 Å². The quantitative estimate of drug-likeness (QED) is 0.816. The molecule has 0 spiro atoms. The lowest BCUT2D eigenvalue weighted by atomic mass is 10.3. The first-order valence-electron chi connectivity index (χ1n) is 5.52. The van der Waals surface area contributed by atoms with Crippen LogP contribution in [-0.2, 0) is 0 Å². The Balaban J connectivity index is 2.28. The average Bonchev–Trinajstić information content (AvgIpc) is 2.98. The van der Waals surface area contributed by atoms with Crippen LogP contribution in [0.3, 0.4) is 0 Å². The van der Waals surface area contributed by atoms with Crippen LogP contribution in [0.1, 0.15) is 44.5 Å². The summed E-state index contributed by atoms with van der Waals surface area (Å²) >= 11 is 0. The van der Waals surface area contributed by atoms with Crippen molar-refractivity contribution < 1.29 is 0 Å². The monoisotopic (exact) mass is 219 g/mol. The highest BCUT2D eigenvalue weighted by Crippen LogP contribution is 2.37. The molecule has 1 N–H and O–H groups in total. The molecule has 2 heterocycles. The highest BCUT2D eigenvalue weighted by atomic mass is 16.1. The van der Waals surface area contributed by atoms with Crippen molar-refractivity contribution in [3.63, 3.8) is 0 Å². The number of hydrogen-bond acceptors (Lipinski definition) is 4. The molecule has 6 nitrogen and oxygen atoms in total. The second-order valence-corrected chi connectivity index (χ2v) is 4.53. The van der Waals surface area contributed by atoms with Gasteiger partial charge in [0.25, 0.3) is 5.56 Å². The molecule has 2 aromatic rings. The largest absolute Gasteiger partial charge is 0.308 e. The second kappa shape index (κ2) is 3.13. The average molecular weight is 219 g/mol. The highest BCUT2D eigenvalue weighted by Gasteiger charge is 2.27. The first-order valence-corrected chi connectivity index (χ1v) is 5.52. The molecule has 1 fully saturated rings. The summed E-state index contributed by atoms with van der Waals surface area (Å²) in [5.41, 5.74) is 0.748. The third-order valence-electron chi connectivity index (χ3n) is 2.81. The van der Waals surface area contributed by atoms with Crippen LogP contribution in [0.25, 0.3) is 11.2 Å². The standard InChI is InChI=1S/C10H13N5O/c1-5(2)15-9-7(13-14-15)10(16)12-8(11-9)6-3-4-6/h5-6H,3-4H2,1-2H3,(H,11,12,16). The van der Waals surface area contributed by atoms with Crippen molar-refractivity contribution in [3.05, 3.63) is 16.2 Å². The molecule has 16 heavy (non-hydrogen) atoms. The summed E-state index contributed by atoms with van der Waals surface area (Å²) in [4.78, 5) is 19.0. The molecule has 0 aromatic carbocycles. The minimum Gasteiger partial charge on any atom is -0.308 e. The van der Waals surface area contributed by atoms with Gasteiger partial charge in [-0.2, -0.15) is 0 Å². The zero-order valence-electron chi connectivity index (χ0n) is 9.27. The first-order chi connectivity index (χ1) is 7.66. The van der Waals surface area contributed by atoms with Crippen LogP contribution in [0.2, 0.25) is 0 Å². The fraction of sp³-hybridized carbons (Fsp3) is 0.600. The number of nitrogens with zero attached hydrogens (tertiary/aromatic N) is 4. The van der Waals surface area contributed by atoms with E-state index in [1.165, 1.54) is 0 Å². The van der Waals surface area contributed by atoms with E-state index < -0.39 is 0 Å². The Morgan fingerprint density at radius 1 is 1.44 bits per heavy atom. The Labute approximate surface area is 91.7 Å². The minimum atomic E-state index is -0.182. The van der Waals surface area contributed by atoms with Crippen molar-refractivity contribution in [2.24, 2.45) is 0 Å². The van der Waals surface area contributed by atoms with Crippen LogP contribution in [0.5, 0.6) is 0 Å². The SMILES string of the molecule is CC(C)n1nnc2c(=O)[nH]c(C3CC3)nc21. The van der Waals surface area contributed by atoms with Gasteiger partial charge in [-0.1, -0.05) is 5.21 Å². The van der Waals surface area contributed by atoms with Gasteiger partial charge in [0.2, 0.25) is 0 Å². The molecule has 0 saturated heterocycles. The summed E-state index contributed by atoms with van der Waals surface area (Å²) in [5, 5.41) is 7.83. The smallest absolute Gasteiger partial charge is 0.281 e. The molecule has 6 heteroatoms. The van der Waals surface area contributed by atoms with Crippen molar-refractivity contribution in [3.8, 4) is 0 Å². The second-order valence-electron chi connectivity index (χ2n) is 4.53. The summed E-state index contributed by atoms with van der Waals surface area (Å²) in [6.45, 7) is 3.99. The molecule has 0 bridgehead atoms. The van der Waals surface area contributed by atoms with Gasteiger partial charge in [-0.25, -0.2) is 9.67 Å². The van der Waals surface area contributed by atoms with Crippen LogP contribution < -0.4 is 5.56 Å². The highest BCUT2D eigenvalue weighted by molar-refractivity contribution is 5.68. The van der Waals surface area contributed by atoms with Gasteiger partial charge in [0.05, 0.1) is 6.04 Å². The molecule has 0 atom stereocenters. The topological polar surface area (TPSA) is 76.5 Å². The summed E-state index contributed by atoms with van der Waals surface area (Å²) in [6.07, 6.45) is 2.22. The molecule has 0 unspecified atom stereocenters. The van der Waals surface area contributed by atoms with E-state index in [1.807, 2.05) is 13.8 Å². The van der Waals surface area contributed by atoms with E-state index in [1.54, 1.807) is 4.68 Å². The fourth-order valence-corrected chi connectivity index (χ4v) is 1.76. The van der Waals surface area contributed by atoms with Crippen molar-refractivity contribution >= 4 is 11.2 Å². The van der Waals surface area contributed by atoms with Crippen LogP contribution in [0.15, 0.2) is 4.79 Å². The number of H-pyrrole nitrogens is 1. The van der Waals surface area contributed by atoms with Crippen molar-refractivity contribution in [2.45, 2.75) is 38.6 Å². The van der Waals surface area contributed by atoms with Crippen LogP contribution >= 0.6 is 0 Å². The van der Waals surface area contributed by atoms with Gasteiger partial charge < -0.3 is 4.98 Å². The molecular weight excluding hydrogens is 206 g/mol. The molecule has 0 amide bonds. The van der Waals surface area contributed by atoms with Gasteiger partial charge in [0.15, 0.2) is 11.2 Å². The first kappa shape index (κ1) is 9.50. The van der Waals surface area contributed by atoms with Crippen LogP contribution in [-0.4, -0.2) is 25.0 Å². The molecule has 2 aromatic heterocycles. The van der Waals surface area contributed by atoms with E-state index in [0.717, 1.165) is 18.7 Å². The molecular formula is C10H13N5O. The number of aromatic amines is 1.